The molecule has 0 radical (unpaired) electrons. The van der Waals surface area contributed by atoms with Crippen LogP contribution in [0.1, 0.15) is 30.5 Å². The number of hydrazone groups is 1. The summed E-state index contributed by atoms with van der Waals surface area (Å²) in [5, 5.41) is 4.33. The second-order valence-corrected chi connectivity index (χ2v) is 5.32. The number of carbonyl (C=O) groups is 1. The summed E-state index contributed by atoms with van der Waals surface area (Å²) in [7, 11) is 0. The molecule has 0 aliphatic carbocycles. The van der Waals surface area contributed by atoms with Gasteiger partial charge in [-0.3, -0.25) is 4.79 Å². The normalized spacial score (nSPS) is 11.5. The largest absolute Gasteiger partial charge is 0.273 e. The minimum Gasteiger partial charge on any atom is -0.273 e. The zero-order chi connectivity index (χ0) is 15.2. The molecule has 0 bridgehead atoms. The maximum atomic E-state index is 11.7. The molecule has 0 heterocycles. The third-order valence-corrected chi connectivity index (χ3v) is 3.17. The predicted molar refractivity (Wildman–Crippen MR) is 86.2 cm³/mol. The molecule has 3 heteroatoms. The molecule has 0 saturated carbocycles. The third-order valence-electron chi connectivity index (χ3n) is 3.17. The van der Waals surface area contributed by atoms with Gasteiger partial charge in [0.2, 0.25) is 5.91 Å². The third kappa shape index (κ3) is 4.02. The van der Waals surface area contributed by atoms with Gasteiger partial charge in [0, 0.05) is 17.0 Å². The Kier molecular flexibility index (Phi) is 4.88. The monoisotopic (exact) mass is 280 g/mol. The zero-order valence-electron chi connectivity index (χ0n) is 12.6. The van der Waals surface area contributed by atoms with Crippen LogP contribution >= 0.6 is 0 Å². The van der Waals surface area contributed by atoms with Crippen molar-refractivity contribution >= 4 is 11.6 Å². The molecule has 0 spiro atoms. The van der Waals surface area contributed by atoms with E-state index < -0.39 is 0 Å². The van der Waals surface area contributed by atoms with Gasteiger partial charge in [-0.2, -0.15) is 5.10 Å². The van der Waals surface area contributed by atoms with Crippen LogP contribution in [0.5, 0.6) is 0 Å². The van der Waals surface area contributed by atoms with E-state index in [9.17, 15) is 4.79 Å². The highest BCUT2D eigenvalue weighted by molar-refractivity contribution is 6.13. The number of amides is 1. The van der Waals surface area contributed by atoms with Gasteiger partial charge in [0.15, 0.2) is 0 Å². The minimum atomic E-state index is -0.0937. The molecule has 2 rings (SSSR count). The average molecular weight is 280 g/mol. The first-order valence-electron chi connectivity index (χ1n) is 7.08. The number of hydrogen-bond acceptors (Lipinski definition) is 2. The first kappa shape index (κ1) is 15.0. The maximum Gasteiger partial charge on any atom is 0.242 e. The summed E-state index contributed by atoms with van der Waals surface area (Å²) in [6.07, 6.45) is 0. The first-order chi connectivity index (χ1) is 10.1. The molecule has 2 aromatic carbocycles. The fourth-order valence-corrected chi connectivity index (χ4v) is 1.84. The molecule has 0 fully saturated rings. The highest BCUT2D eigenvalue weighted by Crippen LogP contribution is 2.12. The van der Waals surface area contributed by atoms with Gasteiger partial charge in [-0.25, -0.2) is 5.43 Å². The van der Waals surface area contributed by atoms with Gasteiger partial charge in [0.05, 0.1) is 5.71 Å². The Labute approximate surface area is 125 Å². The number of aryl methyl sites for hydroxylation is 1. The molecule has 0 saturated heterocycles. The van der Waals surface area contributed by atoms with E-state index in [1.54, 1.807) is 0 Å². The lowest BCUT2D eigenvalue weighted by atomic mass is 10.0. The predicted octanol–water partition coefficient (Wildman–Crippen LogP) is 3.52. The van der Waals surface area contributed by atoms with E-state index in [2.05, 4.69) is 10.5 Å². The maximum absolute atomic E-state index is 11.7. The Morgan fingerprint density at radius 2 is 1.52 bits per heavy atom. The van der Waals surface area contributed by atoms with Crippen LogP contribution in [0, 0.1) is 12.8 Å². The Hall–Kier alpha value is -2.42. The fourth-order valence-electron chi connectivity index (χ4n) is 1.84. The van der Waals surface area contributed by atoms with Crippen LogP contribution in [0.2, 0.25) is 0 Å². The van der Waals surface area contributed by atoms with Crippen LogP contribution in [0.15, 0.2) is 59.7 Å². The molecule has 1 amide bonds. The van der Waals surface area contributed by atoms with Crippen molar-refractivity contribution in [2.45, 2.75) is 20.8 Å². The highest BCUT2D eigenvalue weighted by atomic mass is 16.2. The van der Waals surface area contributed by atoms with Crippen LogP contribution in [0.25, 0.3) is 0 Å². The van der Waals surface area contributed by atoms with Crippen molar-refractivity contribution in [2.75, 3.05) is 0 Å². The van der Waals surface area contributed by atoms with E-state index in [-0.39, 0.29) is 11.8 Å². The number of carbonyl (C=O) groups excluding carboxylic acids is 1. The van der Waals surface area contributed by atoms with Gasteiger partial charge in [-0.05, 0) is 6.92 Å². The van der Waals surface area contributed by atoms with Crippen molar-refractivity contribution in [1.82, 2.24) is 5.43 Å². The van der Waals surface area contributed by atoms with Crippen molar-refractivity contribution in [1.29, 1.82) is 0 Å². The van der Waals surface area contributed by atoms with E-state index in [0.717, 1.165) is 16.8 Å². The van der Waals surface area contributed by atoms with Gasteiger partial charge in [-0.15, -0.1) is 0 Å². The van der Waals surface area contributed by atoms with Gasteiger partial charge in [-0.1, -0.05) is 74.0 Å². The van der Waals surface area contributed by atoms with Crippen molar-refractivity contribution < 1.29 is 4.79 Å². The van der Waals surface area contributed by atoms with Crippen molar-refractivity contribution in [2.24, 2.45) is 11.0 Å². The number of rotatable bonds is 4. The summed E-state index contributed by atoms with van der Waals surface area (Å²) in [6, 6.07) is 18.0. The summed E-state index contributed by atoms with van der Waals surface area (Å²) in [6.45, 7) is 5.74. The molecule has 1 N–H and O–H groups in total. The number of benzene rings is 2. The van der Waals surface area contributed by atoms with E-state index in [4.69, 9.17) is 0 Å². The van der Waals surface area contributed by atoms with Crippen LogP contribution in [0.4, 0.5) is 0 Å². The second-order valence-electron chi connectivity index (χ2n) is 5.32. The molecule has 0 aliphatic rings. The van der Waals surface area contributed by atoms with E-state index in [1.807, 2.05) is 75.4 Å². The summed E-state index contributed by atoms with van der Waals surface area (Å²) in [4.78, 5) is 11.7. The highest BCUT2D eigenvalue weighted by Gasteiger charge is 2.09. The van der Waals surface area contributed by atoms with Gasteiger partial charge in [0.1, 0.15) is 0 Å². The summed E-state index contributed by atoms with van der Waals surface area (Å²) in [5.41, 5.74) is 6.56. The molecule has 0 aromatic heterocycles. The molecule has 0 unspecified atom stereocenters. The average Bonchev–Trinajstić information content (AvgIpc) is 2.50. The van der Waals surface area contributed by atoms with Gasteiger partial charge < -0.3 is 0 Å². The van der Waals surface area contributed by atoms with Crippen molar-refractivity contribution in [3.8, 4) is 0 Å². The van der Waals surface area contributed by atoms with Gasteiger partial charge in [0.25, 0.3) is 0 Å². The Bertz CT molecular complexity index is 628. The Morgan fingerprint density at radius 3 is 2.10 bits per heavy atom. The van der Waals surface area contributed by atoms with E-state index in [1.165, 1.54) is 5.56 Å². The van der Waals surface area contributed by atoms with Gasteiger partial charge >= 0.3 is 0 Å². The lowest BCUT2D eigenvalue weighted by molar-refractivity contribution is -0.123. The molecular weight excluding hydrogens is 260 g/mol. The lowest BCUT2D eigenvalue weighted by Crippen LogP contribution is -2.24. The number of nitrogens with one attached hydrogen (secondary N) is 1. The smallest absolute Gasteiger partial charge is 0.242 e. The molecule has 0 aliphatic heterocycles. The van der Waals surface area contributed by atoms with E-state index >= 15 is 0 Å². The summed E-state index contributed by atoms with van der Waals surface area (Å²) in [5.74, 6) is -0.181. The fraction of sp³-hybridized carbons (Fsp3) is 0.222. The Balaban J connectivity index is 2.37. The second kappa shape index (κ2) is 6.84. The Morgan fingerprint density at radius 1 is 0.952 bits per heavy atom. The van der Waals surface area contributed by atoms with Crippen molar-refractivity contribution in [3.63, 3.8) is 0 Å². The topological polar surface area (TPSA) is 41.5 Å². The quantitative estimate of drug-likeness (QED) is 0.675. The molecule has 3 nitrogen and oxygen atoms in total. The van der Waals surface area contributed by atoms with Crippen LogP contribution in [0.3, 0.4) is 0 Å². The molecule has 108 valence electrons. The molecule has 21 heavy (non-hydrogen) atoms. The number of nitrogens with zero attached hydrogens (tertiary/aromatic N) is 1. The van der Waals surface area contributed by atoms with Crippen LogP contribution in [-0.2, 0) is 4.79 Å². The van der Waals surface area contributed by atoms with Crippen molar-refractivity contribution in [3.05, 3.63) is 71.3 Å². The standard InChI is InChI=1S/C18H20N2O/c1-13(2)18(21)20-19-17(15-7-5-4-6-8-15)16-11-9-14(3)10-12-16/h4-13H,1-3H3,(H,20,21)/b19-17-. The SMILES string of the molecule is Cc1ccc(/C(=N\NC(=O)C(C)C)c2ccccc2)cc1. The lowest BCUT2D eigenvalue weighted by Gasteiger charge is -2.09. The summed E-state index contributed by atoms with van der Waals surface area (Å²) < 4.78 is 0. The summed E-state index contributed by atoms with van der Waals surface area (Å²) >= 11 is 0. The first-order valence-corrected chi connectivity index (χ1v) is 7.08. The van der Waals surface area contributed by atoms with E-state index in [0.29, 0.717) is 0 Å². The zero-order valence-corrected chi connectivity index (χ0v) is 12.6. The van der Waals surface area contributed by atoms with Crippen LogP contribution in [-0.4, -0.2) is 11.6 Å². The number of hydrogen-bond donors (Lipinski definition) is 1. The minimum absolute atomic E-state index is 0.0875. The molecular formula is C18H20N2O. The molecule has 0 atom stereocenters. The molecule has 2 aromatic rings. The van der Waals surface area contributed by atoms with Crippen LogP contribution < -0.4 is 5.43 Å².